The molecule has 0 saturated carbocycles. The van der Waals surface area contributed by atoms with Crippen molar-refractivity contribution in [1.29, 1.82) is 0 Å². The van der Waals surface area contributed by atoms with Crippen LogP contribution in [0.2, 0.25) is 0 Å². The van der Waals surface area contributed by atoms with Crippen LogP contribution in [0.1, 0.15) is 5.56 Å². The third kappa shape index (κ3) is 5.16. The average Bonchev–Trinajstić information content (AvgIpc) is 2.47. The Hall–Kier alpha value is -1.30. The summed E-state index contributed by atoms with van der Waals surface area (Å²) in [7, 11) is -4.13. The zero-order valence-electron chi connectivity index (χ0n) is 12.3. The fourth-order valence-electron chi connectivity index (χ4n) is 1.90. The van der Waals surface area contributed by atoms with Crippen LogP contribution in [0.25, 0.3) is 10.8 Å². The second kappa shape index (κ2) is 8.36. The van der Waals surface area contributed by atoms with Crippen molar-refractivity contribution >= 4 is 20.9 Å². The van der Waals surface area contributed by atoms with E-state index in [9.17, 15) is 8.42 Å². The van der Waals surface area contributed by atoms with Gasteiger partial charge in [-0.25, -0.2) is 0 Å². The summed E-state index contributed by atoms with van der Waals surface area (Å²) in [6, 6.07) is 21.7. The molecule has 0 amide bonds. The van der Waals surface area contributed by atoms with Crippen LogP contribution < -0.4 is 29.6 Å². The van der Waals surface area contributed by atoms with E-state index in [1.54, 1.807) is 30.3 Å². The largest absolute Gasteiger partial charge is 1.00 e. The molecule has 22 heavy (non-hydrogen) atoms. The van der Waals surface area contributed by atoms with Crippen molar-refractivity contribution in [2.75, 3.05) is 0 Å². The second-order valence-electron chi connectivity index (χ2n) is 4.44. The van der Waals surface area contributed by atoms with E-state index in [1.165, 1.54) is 6.07 Å². The Kier molecular flexibility index (Phi) is 7.13. The Morgan fingerprint density at radius 2 is 1.32 bits per heavy atom. The molecule has 3 aromatic rings. The molecule has 0 heterocycles. The van der Waals surface area contributed by atoms with Gasteiger partial charge in [0.1, 0.15) is 4.90 Å². The van der Waals surface area contributed by atoms with E-state index in [4.69, 9.17) is 4.55 Å². The molecule has 0 saturated heterocycles. The van der Waals surface area contributed by atoms with Gasteiger partial charge in [-0.15, -0.1) is 12.1 Å². The SMILES string of the molecule is O=S(=O)(O)c1cccc2ccccc12.[CH2-]c1ccccc1.[Na+]. The van der Waals surface area contributed by atoms with Gasteiger partial charge in [-0.05, 0) is 11.5 Å². The van der Waals surface area contributed by atoms with Gasteiger partial charge in [0.15, 0.2) is 0 Å². The van der Waals surface area contributed by atoms with E-state index in [0.717, 1.165) is 10.9 Å². The van der Waals surface area contributed by atoms with Gasteiger partial charge in [0.25, 0.3) is 10.1 Å². The molecule has 0 aliphatic heterocycles. The molecular weight excluding hydrogens is 307 g/mol. The van der Waals surface area contributed by atoms with Gasteiger partial charge in [0.05, 0.1) is 0 Å². The van der Waals surface area contributed by atoms with E-state index < -0.39 is 10.1 Å². The molecule has 0 unspecified atom stereocenters. The van der Waals surface area contributed by atoms with E-state index in [1.807, 2.05) is 36.4 Å². The number of fused-ring (bicyclic) bond motifs is 1. The van der Waals surface area contributed by atoms with Crippen LogP contribution >= 0.6 is 0 Å². The first kappa shape index (κ1) is 18.7. The van der Waals surface area contributed by atoms with Crippen LogP contribution in [-0.2, 0) is 10.1 Å². The average molecular weight is 322 g/mol. The quantitative estimate of drug-likeness (QED) is 0.412. The first-order valence-electron chi connectivity index (χ1n) is 6.31. The van der Waals surface area contributed by atoms with Crippen molar-refractivity contribution in [1.82, 2.24) is 0 Å². The summed E-state index contributed by atoms with van der Waals surface area (Å²) >= 11 is 0. The molecule has 108 valence electrons. The van der Waals surface area contributed by atoms with Crippen LogP contribution in [-0.4, -0.2) is 13.0 Å². The molecule has 1 N–H and O–H groups in total. The molecule has 0 bridgehead atoms. The summed E-state index contributed by atoms with van der Waals surface area (Å²) in [5.74, 6) is 0. The van der Waals surface area contributed by atoms with Gasteiger partial charge in [-0.3, -0.25) is 4.55 Å². The van der Waals surface area contributed by atoms with E-state index in [2.05, 4.69) is 6.92 Å². The molecule has 0 aromatic heterocycles. The Balaban J connectivity index is 0.000000258. The second-order valence-corrected chi connectivity index (χ2v) is 5.83. The van der Waals surface area contributed by atoms with Crippen LogP contribution in [0, 0.1) is 6.92 Å². The third-order valence-electron chi connectivity index (χ3n) is 2.87. The van der Waals surface area contributed by atoms with E-state index >= 15 is 0 Å². The smallest absolute Gasteiger partial charge is 0.282 e. The van der Waals surface area contributed by atoms with Gasteiger partial charge in [-0.2, -0.15) is 33.0 Å². The van der Waals surface area contributed by atoms with Crippen molar-refractivity contribution in [3.05, 3.63) is 85.3 Å². The third-order valence-corrected chi connectivity index (χ3v) is 3.78. The molecule has 3 aromatic carbocycles. The van der Waals surface area contributed by atoms with Crippen molar-refractivity contribution in [3.63, 3.8) is 0 Å². The van der Waals surface area contributed by atoms with Gasteiger partial charge in [0, 0.05) is 5.39 Å². The van der Waals surface area contributed by atoms with E-state index in [0.29, 0.717) is 5.39 Å². The van der Waals surface area contributed by atoms with Crippen LogP contribution in [0.15, 0.2) is 77.7 Å². The Morgan fingerprint density at radius 3 is 1.86 bits per heavy atom. The molecular formula is C17H15NaO3S. The number of rotatable bonds is 1. The van der Waals surface area contributed by atoms with Gasteiger partial charge >= 0.3 is 29.6 Å². The molecule has 0 fully saturated rings. The van der Waals surface area contributed by atoms with Crippen molar-refractivity contribution < 1.29 is 42.5 Å². The first-order valence-corrected chi connectivity index (χ1v) is 7.75. The fraction of sp³-hybridized carbons (Fsp3) is 0. The van der Waals surface area contributed by atoms with Gasteiger partial charge < -0.3 is 0 Å². The predicted octanol–water partition coefficient (Wildman–Crippen LogP) is 0.959. The zero-order chi connectivity index (χ0) is 15.3. The molecule has 5 heteroatoms. The first-order chi connectivity index (χ1) is 9.98. The van der Waals surface area contributed by atoms with Crippen LogP contribution in [0.5, 0.6) is 0 Å². The van der Waals surface area contributed by atoms with Crippen LogP contribution in [0.4, 0.5) is 0 Å². The fourth-order valence-corrected chi connectivity index (χ4v) is 2.61. The maximum absolute atomic E-state index is 11.0. The summed E-state index contributed by atoms with van der Waals surface area (Å²) < 4.78 is 31.0. The summed E-state index contributed by atoms with van der Waals surface area (Å²) in [6.07, 6.45) is 0. The molecule has 0 spiro atoms. The Labute approximate surface area is 153 Å². The maximum atomic E-state index is 11.0. The van der Waals surface area contributed by atoms with Crippen molar-refractivity contribution in [2.45, 2.75) is 4.90 Å². The van der Waals surface area contributed by atoms with Gasteiger partial charge in [-0.1, -0.05) is 42.5 Å². The minimum absolute atomic E-state index is 0. The monoisotopic (exact) mass is 322 g/mol. The van der Waals surface area contributed by atoms with Crippen molar-refractivity contribution in [2.24, 2.45) is 0 Å². The Morgan fingerprint density at radius 1 is 0.773 bits per heavy atom. The zero-order valence-corrected chi connectivity index (χ0v) is 15.1. The summed E-state index contributed by atoms with van der Waals surface area (Å²) in [5.41, 5.74) is 1.07. The predicted molar refractivity (Wildman–Crippen MR) is 84.7 cm³/mol. The molecule has 3 nitrogen and oxygen atoms in total. The van der Waals surface area contributed by atoms with Crippen molar-refractivity contribution in [3.8, 4) is 0 Å². The normalized spacial score (nSPS) is 10.2. The molecule has 0 atom stereocenters. The van der Waals surface area contributed by atoms with Crippen LogP contribution in [0.3, 0.4) is 0 Å². The van der Waals surface area contributed by atoms with E-state index in [-0.39, 0.29) is 34.5 Å². The summed E-state index contributed by atoms with van der Waals surface area (Å²) in [5, 5.41) is 1.33. The summed E-state index contributed by atoms with van der Waals surface area (Å²) in [4.78, 5) is -0.0457. The minimum Gasteiger partial charge on any atom is -0.282 e. The number of benzene rings is 3. The molecule has 3 rings (SSSR count). The molecule has 0 radical (unpaired) electrons. The number of hydrogen-bond donors (Lipinski definition) is 1. The maximum Gasteiger partial charge on any atom is 1.00 e. The number of hydrogen-bond acceptors (Lipinski definition) is 2. The molecule has 0 aliphatic rings. The minimum atomic E-state index is -4.13. The Bertz CT molecular complexity index is 825. The van der Waals surface area contributed by atoms with Gasteiger partial charge in [0.2, 0.25) is 0 Å². The topological polar surface area (TPSA) is 54.4 Å². The summed E-state index contributed by atoms with van der Waals surface area (Å²) in [6.45, 7) is 3.72. The molecule has 0 aliphatic carbocycles. The standard InChI is InChI=1S/C10H8O3S.C7H7.Na/c11-14(12,13)10-7-3-5-8-4-1-2-6-9(8)10;1-7-5-3-2-4-6-7;/h1-7H,(H,11,12,13);2-6H,1H2;/q;-1;+1.